The zero-order valence-corrected chi connectivity index (χ0v) is 15.7. The van der Waals surface area contributed by atoms with Crippen LogP contribution in [0.4, 0.5) is 5.69 Å². The fourth-order valence-electron chi connectivity index (χ4n) is 3.18. The molecular formula is C19H22N4O3S. The van der Waals surface area contributed by atoms with Crippen molar-refractivity contribution in [2.45, 2.75) is 25.4 Å². The molecule has 1 saturated heterocycles. The van der Waals surface area contributed by atoms with Gasteiger partial charge in [-0.15, -0.1) is 0 Å². The summed E-state index contributed by atoms with van der Waals surface area (Å²) in [5, 5.41) is 10.4. The van der Waals surface area contributed by atoms with Crippen molar-refractivity contribution in [2.24, 2.45) is 4.99 Å². The van der Waals surface area contributed by atoms with Gasteiger partial charge in [-0.25, -0.2) is 0 Å². The van der Waals surface area contributed by atoms with Gasteiger partial charge >= 0.3 is 0 Å². The highest BCUT2D eigenvalue weighted by molar-refractivity contribution is 7.71. The van der Waals surface area contributed by atoms with Gasteiger partial charge in [0.1, 0.15) is 5.56 Å². The van der Waals surface area contributed by atoms with Gasteiger partial charge in [0, 0.05) is 31.9 Å². The van der Waals surface area contributed by atoms with Crippen LogP contribution in [-0.4, -0.2) is 52.1 Å². The van der Waals surface area contributed by atoms with E-state index in [9.17, 15) is 9.90 Å². The molecule has 4 rings (SSSR count). The number of aliphatic imine (C=N–C) groups is 1. The highest BCUT2D eigenvalue weighted by Crippen LogP contribution is 2.37. The topological polar surface area (TPSA) is 82.8 Å². The maximum atomic E-state index is 12.2. The molecule has 8 heteroatoms. The lowest BCUT2D eigenvalue weighted by atomic mass is 10.2. The minimum atomic E-state index is -0.429. The molecule has 27 heavy (non-hydrogen) atoms. The Bertz CT molecular complexity index is 954. The van der Waals surface area contributed by atoms with E-state index in [1.165, 1.54) is 11.8 Å². The van der Waals surface area contributed by atoms with Crippen molar-refractivity contribution in [1.82, 2.24) is 14.5 Å². The van der Waals surface area contributed by atoms with Crippen LogP contribution in [0.5, 0.6) is 5.88 Å². The van der Waals surface area contributed by atoms with Crippen molar-refractivity contribution in [3.8, 4) is 5.88 Å². The van der Waals surface area contributed by atoms with Crippen molar-refractivity contribution in [2.75, 3.05) is 26.3 Å². The van der Waals surface area contributed by atoms with Crippen LogP contribution < -0.4 is 5.56 Å². The third-order valence-corrected chi connectivity index (χ3v) is 5.15. The van der Waals surface area contributed by atoms with Gasteiger partial charge in [-0.2, -0.15) is 0 Å². The fourth-order valence-corrected chi connectivity index (χ4v) is 3.51. The Morgan fingerprint density at radius 2 is 1.96 bits per heavy atom. The van der Waals surface area contributed by atoms with Crippen molar-refractivity contribution in [3.63, 3.8) is 0 Å². The largest absolute Gasteiger partial charge is 0.494 e. The van der Waals surface area contributed by atoms with Crippen LogP contribution in [-0.2, 0) is 11.3 Å². The van der Waals surface area contributed by atoms with Gasteiger partial charge < -0.3 is 9.84 Å². The summed E-state index contributed by atoms with van der Waals surface area (Å²) < 4.78 is 7.22. The number of nitrogens with zero attached hydrogens (tertiary/aromatic N) is 3. The van der Waals surface area contributed by atoms with Gasteiger partial charge in [0.25, 0.3) is 5.56 Å². The number of benzene rings is 1. The van der Waals surface area contributed by atoms with Crippen LogP contribution in [0.1, 0.15) is 30.0 Å². The molecule has 0 amide bonds. The predicted octanol–water partition coefficient (Wildman–Crippen LogP) is 2.53. The van der Waals surface area contributed by atoms with E-state index in [1.807, 2.05) is 24.3 Å². The first-order valence-corrected chi connectivity index (χ1v) is 9.53. The number of nitrogens with one attached hydrogen (secondary N) is 1. The number of rotatable bonds is 5. The van der Waals surface area contributed by atoms with Crippen LogP contribution in [0.2, 0.25) is 0 Å². The number of H-pyrrole nitrogens is 1. The molecule has 0 radical (unpaired) electrons. The monoisotopic (exact) mass is 386 g/mol. The first kappa shape index (κ1) is 18.1. The summed E-state index contributed by atoms with van der Waals surface area (Å²) in [6.45, 7) is 4.34. The van der Waals surface area contributed by atoms with Gasteiger partial charge in [0.05, 0.1) is 18.9 Å². The molecular weight excluding hydrogens is 364 g/mol. The molecule has 1 aliphatic carbocycles. The number of hydrogen-bond acceptors (Lipinski definition) is 6. The first-order valence-electron chi connectivity index (χ1n) is 9.13. The van der Waals surface area contributed by atoms with Gasteiger partial charge in [-0.3, -0.25) is 24.2 Å². The van der Waals surface area contributed by atoms with Gasteiger partial charge in [0.2, 0.25) is 5.88 Å². The average molecular weight is 386 g/mol. The van der Waals surface area contributed by atoms with E-state index in [-0.39, 0.29) is 22.3 Å². The van der Waals surface area contributed by atoms with Crippen LogP contribution in [0, 0.1) is 4.77 Å². The maximum Gasteiger partial charge on any atom is 0.264 e. The number of hydrogen-bond donors (Lipinski definition) is 2. The van der Waals surface area contributed by atoms with Crippen LogP contribution in [0.3, 0.4) is 0 Å². The number of morpholine rings is 1. The molecule has 2 heterocycles. The van der Waals surface area contributed by atoms with Crippen molar-refractivity contribution < 1.29 is 9.84 Å². The van der Waals surface area contributed by atoms with E-state index in [0.29, 0.717) is 0 Å². The van der Waals surface area contributed by atoms with Gasteiger partial charge in [0.15, 0.2) is 4.77 Å². The first-order chi connectivity index (χ1) is 13.1. The summed E-state index contributed by atoms with van der Waals surface area (Å²) in [6.07, 6.45) is 3.31. The van der Waals surface area contributed by atoms with E-state index in [1.54, 1.807) is 4.57 Å². The highest BCUT2D eigenvalue weighted by Gasteiger charge is 2.27. The van der Waals surface area contributed by atoms with Crippen LogP contribution >= 0.6 is 12.2 Å². The molecule has 1 saturated carbocycles. The van der Waals surface area contributed by atoms with E-state index in [2.05, 4.69) is 14.9 Å². The smallest absolute Gasteiger partial charge is 0.264 e. The number of aromatic amines is 1. The lowest BCUT2D eigenvalue weighted by Crippen LogP contribution is -2.35. The lowest BCUT2D eigenvalue weighted by molar-refractivity contribution is 0.0342. The molecule has 142 valence electrons. The molecule has 7 nitrogen and oxygen atoms in total. The van der Waals surface area contributed by atoms with Gasteiger partial charge in [-0.1, -0.05) is 12.1 Å². The van der Waals surface area contributed by atoms with E-state index < -0.39 is 5.56 Å². The normalized spacial score (nSPS) is 18.2. The molecule has 2 N–H and O–H groups in total. The van der Waals surface area contributed by atoms with Crippen molar-refractivity contribution >= 4 is 24.1 Å². The third-order valence-electron chi connectivity index (χ3n) is 4.85. The quantitative estimate of drug-likeness (QED) is 0.610. The Morgan fingerprint density at radius 1 is 1.26 bits per heavy atom. The Balaban J connectivity index is 1.50. The second-order valence-corrected chi connectivity index (χ2v) is 7.30. The molecule has 0 bridgehead atoms. The molecule has 0 atom stereocenters. The van der Waals surface area contributed by atoms with Crippen LogP contribution in [0.15, 0.2) is 34.1 Å². The molecule has 0 unspecified atom stereocenters. The van der Waals surface area contributed by atoms with Crippen molar-refractivity contribution in [3.05, 3.63) is 50.5 Å². The average Bonchev–Trinajstić information content (AvgIpc) is 3.48. The van der Waals surface area contributed by atoms with E-state index in [0.717, 1.165) is 51.4 Å². The maximum absolute atomic E-state index is 12.2. The Morgan fingerprint density at radius 3 is 2.63 bits per heavy atom. The molecule has 2 aromatic rings. The summed E-state index contributed by atoms with van der Waals surface area (Å²) in [5.74, 6) is -0.112. The Labute approximate surface area is 161 Å². The molecule has 1 aromatic carbocycles. The zero-order chi connectivity index (χ0) is 18.8. The summed E-state index contributed by atoms with van der Waals surface area (Å²) in [4.78, 5) is 21.5. The minimum absolute atomic E-state index is 0.112. The van der Waals surface area contributed by atoms with Crippen LogP contribution in [0.25, 0.3) is 0 Å². The summed E-state index contributed by atoms with van der Waals surface area (Å²) in [7, 11) is 0. The second kappa shape index (κ2) is 7.75. The molecule has 2 aliphatic rings. The Kier molecular flexibility index (Phi) is 5.20. The third kappa shape index (κ3) is 4.18. The Hall–Kier alpha value is -2.29. The SMILES string of the molecule is O=c1[nH]c(=S)n(C2CC2)c(O)c1C=Nc1ccc(CN2CCOCC2)cc1. The van der Waals surface area contributed by atoms with E-state index >= 15 is 0 Å². The minimum Gasteiger partial charge on any atom is -0.494 e. The summed E-state index contributed by atoms with van der Waals surface area (Å²) >= 11 is 5.15. The molecule has 2 fully saturated rings. The predicted molar refractivity (Wildman–Crippen MR) is 106 cm³/mol. The number of aromatic hydroxyl groups is 1. The highest BCUT2D eigenvalue weighted by atomic mass is 32.1. The molecule has 1 aromatic heterocycles. The van der Waals surface area contributed by atoms with Gasteiger partial charge in [-0.05, 0) is 42.8 Å². The standard InChI is InChI=1S/C19H22N4O3S/c24-17-16(18(25)23(15-5-6-15)19(27)21-17)11-20-14-3-1-13(2-4-14)12-22-7-9-26-10-8-22/h1-4,11,15,25H,5-10,12H2,(H,21,24,27). The number of ether oxygens (including phenoxy) is 1. The molecule has 1 aliphatic heterocycles. The zero-order valence-electron chi connectivity index (χ0n) is 14.9. The lowest BCUT2D eigenvalue weighted by Gasteiger charge is -2.26. The second-order valence-electron chi connectivity index (χ2n) is 6.91. The number of aromatic nitrogens is 2. The van der Waals surface area contributed by atoms with E-state index in [4.69, 9.17) is 17.0 Å². The summed E-state index contributed by atoms with van der Waals surface area (Å²) in [5.41, 5.74) is 1.63. The summed E-state index contributed by atoms with van der Waals surface area (Å²) in [6, 6.07) is 8.05. The molecule has 0 spiro atoms. The van der Waals surface area contributed by atoms with Crippen molar-refractivity contribution in [1.29, 1.82) is 0 Å². The fraction of sp³-hybridized carbons (Fsp3) is 0.421.